The van der Waals surface area contributed by atoms with E-state index in [2.05, 4.69) is 15.6 Å². The van der Waals surface area contributed by atoms with Crippen LogP contribution in [0.4, 0.5) is 0 Å². The zero-order valence-electron chi connectivity index (χ0n) is 16.6. The Morgan fingerprint density at radius 3 is 2.50 bits per heavy atom. The van der Waals surface area contributed by atoms with E-state index in [1.54, 1.807) is 6.07 Å². The van der Waals surface area contributed by atoms with E-state index in [1.807, 2.05) is 68.9 Å². The van der Waals surface area contributed by atoms with Crippen molar-refractivity contribution in [2.45, 2.75) is 46.2 Å². The van der Waals surface area contributed by atoms with E-state index in [0.717, 1.165) is 21.8 Å². The lowest BCUT2D eigenvalue weighted by Crippen LogP contribution is -2.51. The maximum absolute atomic E-state index is 12.8. The molecule has 7 heteroatoms. The lowest BCUT2D eigenvalue weighted by atomic mass is 9.97. The molecule has 0 fully saturated rings. The maximum Gasteiger partial charge on any atom is 0.251 e. The second-order valence-electron chi connectivity index (χ2n) is 7.27. The van der Waals surface area contributed by atoms with Crippen molar-refractivity contribution in [2.24, 2.45) is 5.92 Å². The van der Waals surface area contributed by atoms with Gasteiger partial charge in [-0.15, -0.1) is 0 Å². The van der Waals surface area contributed by atoms with Crippen LogP contribution in [0.2, 0.25) is 0 Å². The Balaban J connectivity index is 1.82. The van der Waals surface area contributed by atoms with Crippen molar-refractivity contribution in [2.75, 3.05) is 0 Å². The number of nitrogens with zero attached hydrogens (tertiary/aromatic N) is 2. The van der Waals surface area contributed by atoms with Gasteiger partial charge < -0.3 is 15.2 Å². The Kier molecular flexibility index (Phi) is 6.14. The molecule has 0 spiro atoms. The van der Waals surface area contributed by atoms with E-state index < -0.39 is 6.04 Å². The molecule has 0 radical (unpaired) electrons. The van der Waals surface area contributed by atoms with Gasteiger partial charge in [-0.05, 0) is 50.1 Å². The molecule has 0 unspecified atom stereocenters. The molecule has 3 aromatic rings. The Labute approximate surface area is 169 Å². The second kappa shape index (κ2) is 8.56. The summed E-state index contributed by atoms with van der Waals surface area (Å²) in [4.78, 5) is 30.0. The molecule has 0 aliphatic rings. The molecule has 0 saturated heterocycles. The SMILES string of the molecule is CC[C@@H](C)[C@@H](NC(=O)c1ccc2nc(-n3cccc3)sc2c1)C(=O)NC(C)C. The smallest absolute Gasteiger partial charge is 0.251 e. The number of benzene rings is 1. The second-order valence-corrected chi connectivity index (χ2v) is 8.28. The third-order valence-electron chi connectivity index (χ3n) is 4.68. The van der Waals surface area contributed by atoms with Gasteiger partial charge in [-0.1, -0.05) is 31.6 Å². The third kappa shape index (κ3) is 4.42. The summed E-state index contributed by atoms with van der Waals surface area (Å²) in [5.74, 6) is -0.358. The molecular formula is C21H26N4O2S. The van der Waals surface area contributed by atoms with E-state index in [9.17, 15) is 9.59 Å². The minimum absolute atomic E-state index is 0.0246. The van der Waals surface area contributed by atoms with Gasteiger partial charge in [-0.25, -0.2) is 4.98 Å². The van der Waals surface area contributed by atoms with Gasteiger partial charge in [0.25, 0.3) is 5.91 Å². The standard InChI is InChI=1S/C21H26N4O2S/c1-5-14(4)18(20(27)22-13(2)3)24-19(26)15-8-9-16-17(12-15)28-21(23-16)25-10-6-7-11-25/h6-14,18H,5H2,1-4H3,(H,22,27)(H,24,26)/t14-,18-/m1/s1. The van der Waals surface area contributed by atoms with Crippen molar-refractivity contribution in [3.63, 3.8) is 0 Å². The van der Waals surface area contributed by atoms with Crippen molar-refractivity contribution in [3.05, 3.63) is 48.3 Å². The minimum atomic E-state index is -0.563. The first-order chi connectivity index (χ1) is 13.4. The number of carbonyl (C=O) groups is 2. The highest BCUT2D eigenvalue weighted by Crippen LogP contribution is 2.26. The van der Waals surface area contributed by atoms with E-state index in [0.29, 0.717) is 5.56 Å². The van der Waals surface area contributed by atoms with Crippen molar-refractivity contribution in [1.29, 1.82) is 0 Å². The molecule has 2 heterocycles. The van der Waals surface area contributed by atoms with E-state index in [1.165, 1.54) is 11.3 Å². The van der Waals surface area contributed by atoms with Gasteiger partial charge in [0, 0.05) is 24.0 Å². The quantitative estimate of drug-likeness (QED) is 0.636. The van der Waals surface area contributed by atoms with Crippen LogP contribution in [0.5, 0.6) is 0 Å². The predicted octanol–water partition coefficient (Wildman–Crippen LogP) is 3.76. The fourth-order valence-electron chi connectivity index (χ4n) is 2.93. The summed E-state index contributed by atoms with van der Waals surface area (Å²) in [6.45, 7) is 7.81. The van der Waals surface area contributed by atoms with E-state index in [4.69, 9.17) is 0 Å². The molecule has 2 atom stereocenters. The number of amides is 2. The summed E-state index contributed by atoms with van der Waals surface area (Å²) < 4.78 is 2.88. The number of rotatable bonds is 7. The normalized spacial score (nSPS) is 13.5. The van der Waals surface area contributed by atoms with E-state index >= 15 is 0 Å². The van der Waals surface area contributed by atoms with Gasteiger partial charge in [0.05, 0.1) is 10.2 Å². The van der Waals surface area contributed by atoms with Crippen molar-refractivity contribution < 1.29 is 9.59 Å². The van der Waals surface area contributed by atoms with Crippen molar-refractivity contribution in [3.8, 4) is 5.13 Å². The Hall–Kier alpha value is -2.67. The van der Waals surface area contributed by atoms with Crippen LogP contribution >= 0.6 is 11.3 Å². The highest BCUT2D eigenvalue weighted by Gasteiger charge is 2.26. The maximum atomic E-state index is 12.8. The van der Waals surface area contributed by atoms with Gasteiger partial charge in [0.1, 0.15) is 6.04 Å². The van der Waals surface area contributed by atoms with Gasteiger partial charge in [-0.3, -0.25) is 9.59 Å². The van der Waals surface area contributed by atoms with Gasteiger partial charge >= 0.3 is 0 Å². The molecule has 1 aromatic carbocycles. The van der Waals surface area contributed by atoms with Crippen LogP contribution in [0.15, 0.2) is 42.7 Å². The summed E-state index contributed by atoms with van der Waals surface area (Å²) in [7, 11) is 0. The summed E-state index contributed by atoms with van der Waals surface area (Å²) in [6, 6.07) is 8.79. The fourth-order valence-corrected chi connectivity index (χ4v) is 3.90. The zero-order chi connectivity index (χ0) is 20.3. The van der Waals surface area contributed by atoms with Crippen LogP contribution in [0, 0.1) is 5.92 Å². The lowest BCUT2D eigenvalue weighted by molar-refractivity contribution is -0.124. The van der Waals surface area contributed by atoms with Gasteiger partial charge in [0.2, 0.25) is 5.91 Å². The molecule has 0 bridgehead atoms. The molecule has 3 rings (SSSR count). The molecule has 28 heavy (non-hydrogen) atoms. The fraction of sp³-hybridized carbons (Fsp3) is 0.381. The highest BCUT2D eigenvalue weighted by atomic mass is 32.1. The van der Waals surface area contributed by atoms with Crippen LogP contribution < -0.4 is 10.6 Å². The topological polar surface area (TPSA) is 76.0 Å². The van der Waals surface area contributed by atoms with Gasteiger partial charge in [-0.2, -0.15) is 0 Å². The van der Waals surface area contributed by atoms with Crippen LogP contribution in [-0.4, -0.2) is 33.4 Å². The average Bonchev–Trinajstić information content (AvgIpc) is 3.32. The summed E-state index contributed by atoms with van der Waals surface area (Å²) in [5.41, 5.74) is 1.38. The van der Waals surface area contributed by atoms with Gasteiger partial charge in [0.15, 0.2) is 5.13 Å². The van der Waals surface area contributed by atoms with Crippen molar-refractivity contribution in [1.82, 2.24) is 20.2 Å². The van der Waals surface area contributed by atoms with Crippen LogP contribution in [0.1, 0.15) is 44.5 Å². The number of thiazole rings is 1. The van der Waals surface area contributed by atoms with Crippen LogP contribution in [0.25, 0.3) is 15.3 Å². The van der Waals surface area contributed by atoms with Crippen LogP contribution in [0.3, 0.4) is 0 Å². The average molecular weight is 399 g/mol. The number of hydrogen-bond acceptors (Lipinski definition) is 4. The summed E-state index contributed by atoms with van der Waals surface area (Å²) in [6.07, 6.45) is 4.68. The molecule has 0 aliphatic heterocycles. The molecule has 2 aromatic heterocycles. The monoisotopic (exact) mass is 398 g/mol. The highest BCUT2D eigenvalue weighted by molar-refractivity contribution is 7.20. The molecule has 2 amide bonds. The zero-order valence-corrected chi connectivity index (χ0v) is 17.4. The third-order valence-corrected chi connectivity index (χ3v) is 5.71. The first-order valence-electron chi connectivity index (χ1n) is 9.54. The number of hydrogen-bond donors (Lipinski definition) is 2. The summed E-state index contributed by atoms with van der Waals surface area (Å²) >= 11 is 1.52. The Bertz CT molecular complexity index is 962. The number of nitrogens with one attached hydrogen (secondary N) is 2. The Morgan fingerprint density at radius 2 is 1.86 bits per heavy atom. The molecule has 148 valence electrons. The lowest BCUT2D eigenvalue weighted by Gasteiger charge is -2.24. The first kappa shape index (κ1) is 20.1. The number of aromatic nitrogens is 2. The molecule has 6 nitrogen and oxygen atoms in total. The Morgan fingerprint density at radius 1 is 1.14 bits per heavy atom. The number of carbonyl (C=O) groups excluding carboxylic acids is 2. The summed E-state index contributed by atoms with van der Waals surface area (Å²) in [5, 5.41) is 6.67. The molecule has 2 N–H and O–H groups in total. The van der Waals surface area contributed by atoms with Crippen molar-refractivity contribution >= 4 is 33.4 Å². The minimum Gasteiger partial charge on any atom is -0.352 e. The van der Waals surface area contributed by atoms with E-state index in [-0.39, 0.29) is 23.8 Å². The molecule has 0 aliphatic carbocycles. The number of fused-ring (bicyclic) bond motifs is 1. The predicted molar refractivity (Wildman–Crippen MR) is 113 cm³/mol. The largest absolute Gasteiger partial charge is 0.352 e. The molecular weight excluding hydrogens is 372 g/mol. The first-order valence-corrected chi connectivity index (χ1v) is 10.4. The molecule has 0 saturated carbocycles. The van der Waals surface area contributed by atoms with Crippen LogP contribution in [-0.2, 0) is 4.79 Å².